The maximum Gasteiger partial charge on any atom is 0.338 e. The molecular weight excluding hydrogens is 434 g/mol. The predicted molar refractivity (Wildman–Crippen MR) is 117 cm³/mol. The van der Waals surface area contributed by atoms with Gasteiger partial charge in [-0.25, -0.2) is 13.2 Å². The second-order valence-corrected chi connectivity index (χ2v) is 8.59. The third-order valence-electron chi connectivity index (χ3n) is 4.73. The smallest absolute Gasteiger partial charge is 0.338 e. The Hall–Kier alpha value is -3.72. The summed E-state index contributed by atoms with van der Waals surface area (Å²) in [6.45, 7) is 0.896. The number of ether oxygens (including phenoxy) is 4. The van der Waals surface area contributed by atoms with E-state index in [0.717, 1.165) is 11.3 Å². The Kier molecular flexibility index (Phi) is 6.18. The second kappa shape index (κ2) is 9.19. The summed E-state index contributed by atoms with van der Waals surface area (Å²) in [7, 11) is -2.27. The van der Waals surface area contributed by atoms with Crippen molar-refractivity contribution in [2.24, 2.45) is 0 Å². The summed E-state index contributed by atoms with van der Waals surface area (Å²) in [5.74, 6) is 1.10. The van der Waals surface area contributed by atoms with Crippen LogP contribution in [-0.2, 0) is 21.4 Å². The van der Waals surface area contributed by atoms with Crippen LogP contribution in [-0.4, -0.2) is 34.7 Å². The molecule has 8 nitrogen and oxygen atoms in total. The van der Waals surface area contributed by atoms with Crippen molar-refractivity contribution in [1.82, 2.24) is 0 Å². The number of nitrogens with one attached hydrogen (secondary N) is 1. The highest BCUT2D eigenvalue weighted by molar-refractivity contribution is 7.92. The average molecular weight is 455 g/mol. The predicted octanol–water partition coefficient (Wildman–Crippen LogP) is 3.62. The number of hydrogen-bond donors (Lipinski definition) is 1. The topological polar surface area (TPSA) is 100 Å². The van der Waals surface area contributed by atoms with Gasteiger partial charge >= 0.3 is 5.97 Å². The first-order chi connectivity index (χ1) is 15.4. The SMILES string of the molecule is COc1ccc(COC(=O)c2ccc(NS(=O)(=O)c3ccc4c(c3)OCCO4)cc2)cc1. The zero-order valence-electron chi connectivity index (χ0n) is 17.2. The molecule has 1 N–H and O–H groups in total. The van der Waals surface area contributed by atoms with Crippen LogP contribution in [0, 0.1) is 0 Å². The number of carbonyl (C=O) groups excluding carboxylic acids is 1. The van der Waals surface area contributed by atoms with E-state index in [9.17, 15) is 13.2 Å². The van der Waals surface area contributed by atoms with Gasteiger partial charge in [0.2, 0.25) is 0 Å². The van der Waals surface area contributed by atoms with Crippen molar-refractivity contribution in [2.75, 3.05) is 25.0 Å². The molecule has 0 bridgehead atoms. The van der Waals surface area contributed by atoms with Crippen LogP contribution in [0.2, 0.25) is 0 Å². The third-order valence-corrected chi connectivity index (χ3v) is 6.10. The molecule has 1 aliphatic heterocycles. The molecule has 0 radical (unpaired) electrons. The molecule has 0 fully saturated rings. The fourth-order valence-electron chi connectivity index (χ4n) is 3.03. The molecule has 0 aromatic heterocycles. The van der Waals surface area contributed by atoms with Crippen molar-refractivity contribution < 1.29 is 32.2 Å². The lowest BCUT2D eigenvalue weighted by atomic mass is 10.2. The number of anilines is 1. The first-order valence-electron chi connectivity index (χ1n) is 9.77. The molecule has 3 aromatic carbocycles. The molecule has 1 aliphatic rings. The van der Waals surface area contributed by atoms with E-state index in [4.69, 9.17) is 18.9 Å². The largest absolute Gasteiger partial charge is 0.497 e. The van der Waals surface area contributed by atoms with Gasteiger partial charge in [0, 0.05) is 11.8 Å². The number of fused-ring (bicyclic) bond motifs is 1. The van der Waals surface area contributed by atoms with E-state index in [2.05, 4.69) is 4.72 Å². The highest BCUT2D eigenvalue weighted by atomic mass is 32.2. The third kappa shape index (κ3) is 4.94. The Morgan fingerprint density at radius 2 is 1.62 bits per heavy atom. The summed E-state index contributed by atoms with van der Waals surface area (Å²) in [6, 6.07) is 17.6. The Morgan fingerprint density at radius 3 is 2.31 bits per heavy atom. The van der Waals surface area contributed by atoms with E-state index in [1.807, 2.05) is 12.1 Å². The molecule has 0 aliphatic carbocycles. The molecule has 0 atom stereocenters. The lowest BCUT2D eigenvalue weighted by Crippen LogP contribution is -2.17. The number of hydrogen-bond acceptors (Lipinski definition) is 7. The standard InChI is InChI=1S/C23H21NO7S/c1-28-19-8-2-16(3-9-19)15-31-23(25)17-4-6-18(7-5-17)24-32(26,27)20-10-11-21-22(14-20)30-13-12-29-21/h2-11,14,24H,12-13,15H2,1H3. The molecular formula is C23H21NO7S. The highest BCUT2D eigenvalue weighted by Crippen LogP contribution is 2.32. The van der Waals surface area contributed by atoms with Crippen LogP contribution in [0.25, 0.3) is 0 Å². The minimum absolute atomic E-state index is 0.0460. The van der Waals surface area contributed by atoms with Gasteiger partial charge in [-0.3, -0.25) is 4.72 Å². The molecule has 4 rings (SSSR count). The molecule has 0 saturated heterocycles. The van der Waals surface area contributed by atoms with Gasteiger partial charge in [0.05, 0.1) is 17.6 Å². The number of esters is 1. The monoisotopic (exact) mass is 455 g/mol. The maximum atomic E-state index is 12.7. The number of benzene rings is 3. The van der Waals surface area contributed by atoms with E-state index in [-0.39, 0.29) is 11.5 Å². The van der Waals surface area contributed by atoms with Gasteiger partial charge < -0.3 is 18.9 Å². The van der Waals surface area contributed by atoms with Gasteiger partial charge in [0.25, 0.3) is 10.0 Å². The number of methoxy groups -OCH3 is 1. The zero-order valence-corrected chi connectivity index (χ0v) is 18.1. The van der Waals surface area contributed by atoms with Gasteiger partial charge in [-0.1, -0.05) is 12.1 Å². The molecule has 0 unspecified atom stereocenters. The second-order valence-electron chi connectivity index (χ2n) is 6.91. The minimum Gasteiger partial charge on any atom is -0.497 e. The van der Waals surface area contributed by atoms with E-state index in [1.54, 1.807) is 25.3 Å². The van der Waals surface area contributed by atoms with Gasteiger partial charge in [-0.15, -0.1) is 0 Å². The summed E-state index contributed by atoms with van der Waals surface area (Å²) in [5.41, 5.74) is 1.44. The summed E-state index contributed by atoms with van der Waals surface area (Å²) >= 11 is 0. The lowest BCUT2D eigenvalue weighted by Gasteiger charge is -2.19. The van der Waals surface area contributed by atoms with Crippen molar-refractivity contribution in [3.8, 4) is 17.2 Å². The van der Waals surface area contributed by atoms with Crippen LogP contribution in [0.5, 0.6) is 17.2 Å². The molecule has 0 spiro atoms. The van der Waals surface area contributed by atoms with Crippen LogP contribution in [0.3, 0.4) is 0 Å². The van der Waals surface area contributed by atoms with E-state index in [1.165, 1.54) is 36.4 Å². The summed E-state index contributed by atoms with van der Waals surface area (Å²) in [4.78, 5) is 12.3. The highest BCUT2D eigenvalue weighted by Gasteiger charge is 2.19. The number of sulfonamides is 1. The van der Waals surface area contributed by atoms with Crippen molar-refractivity contribution in [1.29, 1.82) is 0 Å². The fourth-order valence-corrected chi connectivity index (χ4v) is 4.11. The van der Waals surface area contributed by atoms with Crippen LogP contribution in [0.1, 0.15) is 15.9 Å². The van der Waals surface area contributed by atoms with Crippen molar-refractivity contribution >= 4 is 21.7 Å². The molecule has 1 heterocycles. The van der Waals surface area contributed by atoms with Gasteiger partial charge in [-0.2, -0.15) is 0 Å². The van der Waals surface area contributed by atoms with Crippen molar-refractivity contribution in [3.63, 3.8) is 0 Å². The first kappa shape index (κ1) is 21.5. The first-order valence-corrected chi connectivity index (χ1v) is 11.3. The van der Waals surface area contributed by atoms with Crippen LogP contribution >= 0.6 is 0 Å². The lowest BCUT2D eigenvalue weighted by molar-refractivity contribution is 0.0472. The van der Waals surface area contributed by atoms with Crippen LogP contribution in [0.4, 0.5) is 5.69 Å². The average Bonchev–Trinajstić information content (AvgIpc) is 2.82. The molecule has 166 valence electrons. The van der Waals surface area contributed by atoms with Crippen LogP contribution < -0.4 is 18.9 Å². The zero-order chi connectivity index (χ0) is 22.6. The van der Waals surface area contributed by atoms with Gasteiger partial charge in [0.1, 0.15) is 25.6 Å². The van der Waals surface area contributed by atoms with E-state index < -0.39 is 16.0 Å². The van der Waals surface area contributed by atoms with E-state index in [0.29, 0.717) is 36.0 Å². The van der Waals surface area contributed by atoms with Gasteiger partial charge in [0.15, 0.2) is 11.5 Å². The quantitative estimate of drug-likeness (QED) is 0.543. The Morgan fingerprint density at radius 1 is 0.938 bits per heavy atom. The Bertz CT molecular complexity index is 1210. The number of carbonyl (C=O) groups is 1. The summed E-state index contributed by atoms with van der Waals surface area (Å²) in [5, 5.41) is 0. The molecule has 3 aromatic rings. The van der Waals surface area contributed by atoms with Crippen LogP contribution in [0.15, 0.2) is 71.6 Å². The Balaban J connectivity index is 1.38. The number of rotatable bonds is 7. The summed E-state index contributed by atoms with van der Waals surface area (Å²) in [6.07, 6.45) is 0. The molecule has 0 saturated carbocycles. The van der Waals surface area contributed by atoms with Crippen molar-refractivity contribution in [2.45, 2.75) is 11.5 Å². The Labute approximate surface area is 185 Å². The molecule has 32 heavy (non-hydrogen) atoms. The van der Waals surface area contributed by atoms with Gasteiger partial charge in [-0.05, 0) is 54.1 Å². The minimum atomic E-state index is -3.84. The summed E-state index contributed by atoms with van der Waals surface area (Å²) < 4.78 is 49.2. The van der Waals surface area contributed by atoms with Crippen molar-refractivity contribution in [3.05, 3.63) is 77.9 Å². The normalized spacial score (nSPS) is 12.7. The molecule has 0 amide bonds. The molecule has 9 heteroatoms. The fraction of sp³-hybridized carbons (Fsp3) is 0.174. The maximum absolute atomic E-state index is 12.7. The van der Waals surface area contributed by atoms with E-state index >= 15 is 0 Å².